The van der Waals surface area contributed by atoms with Gasteiger partial charge in [-0.05, 0) is 48.5 Å². The van der Waals surface area contributed by atoms with Gasteiger partial charge < -0.3 is 14.8 Å². The predicted octanol–water partition coefficient (Wildman–Crippen LogP) is 2.08. The molecule has 3 rings (SSSR count). The van der Waals surface area contributed by atoms with Gasteiger partial charge in [0, 0.05) is 5.56 Å². The van der Waals surface area contributed by atoms with Crippen LogP contribution in [0, 0.1) is 0 Å². The number of amides is 1. The zero-order valence-corrected chi connectivity index (χ0v) is 13.8. The Bertz CT molecular complexity index is 799. The van der Waals surface area contributed by atoms with E-state index in [-0.39, 0.29) is 5.91 Å². The lowest BCUT2D eigenvalue weighted by Crippen LogP contribution is -2.28. The van der Waals surface area contributed by atoms with Gasteiger partial charge in [-0.3, -0.25) is 4.79 Å². The van der Waals surface area contributed by atoms with E-state index in [0.29, 0.717) is 18.7 Å². The summed E-state index contributed by atoms with van der Waals surface area (Å²) in [6, 6.07) is 14.4. The van der Waals surface area contributed by atoms with Crippen LogP contribution in [0.5, 0.6) is 11.5 Å². The van der Waals surface area contributed by atoms with Gasteiger partial charge in [0.25, 0.3) is 5.91 Å². The minimum absolute atomic E-state index is 0.150. The fraction of sp³-hybridized carbons (Fsp3) is 0.167. The topological polar surface area (TPSA) is 78.3 Å². The number of methoxy groups -OCH3 is 1. The SMILES string of the molecule is COc1ccc(OCCNC(=O)c2ccc(-n3cncn3)cc2)cc1. The van der Waals surface area contributed by atoms with Crippen molar-refractivity contribution in [2.24, 2.45) is 0 Å². The average molecular weight is 338 g/mol. The maximum absolute atomic E-state index is 12.1. The molecule has 0 aliphatic heterocycles. The fourth-order valence-electron chi connectivity index (χ4n) is 2.21. The Morgan fingerprint density at radius 1 is 1.08 bits per heavy atom. The summed E-state index contributed by atoms with van der Waals surface area (Å²) in [6.07, 6.45) is 3.06. The smallest absolute Gasteiger partial charge is 0.251 e. The minimum atomic E-state index is -0.150. The highest BCUT2D eigenvalue weighted by atomic mass is 16.5. The molecule has 1 amide bonds. The molecule has 2 aromatic carbocycles. The van der Waals surface area contributed by atoms with Gasteiger partial charge in [-0.25, -0.2) is 9.67 Å². The van der Waals surface area contributed by atoms with Gasteiger partial charge >= 0.3 is 0 Å². The third-order valence-electron chi connectivity index (χ3n) is 3.53. The molecule has 1 aromatic heterocycles. The molecule has 0 spiro atoms. The summed E-state index contributed by atoms with van der Waals surface area (Å²) in [5.41, 5.74) is 1.42. The van der Waals surface area contributed by atoms with Crippen LogP contribution < -0.4 is 14.8 Å². The highest BCUT2D eigenvalue weighted by molar-refractivity contribution is 5.94. The number of nitrogens with one attached hydrogen (secondary N) is 1. The van der Waals surface area contributed by atoms with Crippen molar-refractivity contribution in [3.05, 3.63) is 66.7 Å². The number of hydrogen-bond acceptors (Lipinski definition) is 5. The maximum Gasteiger partial charge on any atom is 0.251 e. The highest BCUT2D eigenvalue weighted by Crippen LogP contribution is 2.16. The molecular weight excluding hydrogens is 320 g/mol. The molecule has 0 aliphatic carbocycles. The molecule has 0 radical (unpaired) electrons. The first-order valence-electron chi connectivity index (χ1n) is 7.76. The van der Waals surface area contributed by atoms with E-state index < -0.39 is 0 Å². The molecule has 0 atom stereocenters. The van der Waals surface area contributed by atoms with Gasteiger partial charge in [0.1, 0.15) is 30.8 Å². The van der Waals surface area contributed by atoms with Gasteiger partial charge in [-0.1, -0.05) is 0 Å². The van der Waals surface area contributed by atoms with Gasteiger partial charge in [-0.15, -0.1) is 0 Å². The van der Waals surface area contributed by atoms with Crippen molar-refractivity contribution < 1.29 is 14.3 Å². The molecular formula is C18H18N4O3. The number of ether oxygens (including phenoxy) is 2. The van der Waals surface area contributed by atoms with Crippen LogP contribution in [0.3, 0.4) is 0 Å². The summed E-state index contributed by atoms with van der Waals surface area (Å²) in [5.74, 6) is 1.35. The second-order valence-corrected chi connectivity index (χ2v) is 5.17. The summed E-state index contributed by atoms with van der Waals surface area (Å²) in [7, 11) is 1.61. The number of benzene rings is 2. The van der Waals surface area contributed by atoms with Crippen molar-refractivity contribution in [2.45, 2.75) is 0 Å². The molecule has 1 N–H and O–H groups in total. The third-order valence-corrected chi connectivity index (χ3v) is 3.53. The average Bonchev–Trinajstić information content (AvgIpc) is 3.20. The molecule has 0 fully saturated rings. The summed E-state index contributed by atoms with van der Waals surface area (Å²) >= 11 is 0. The lowest BCUT2D eigenvalue weighted by atomic mass is 10.2. The molecule has 7 nitrogen and oxygen atoms in total. The number of nitrogens with zero attached hydrogens (tertiary/aromatic N) is 3. The second kappa shape index (κ2) is 7.96. The van der Waals surface area contributed by atoms with Crippen molar-refractivity contribution in [3.63, 3.8) is 0 Å². The Morgan fingerprint density at radius 3 is 2.44 bits per heavy atom. The highest BCUT2D eigenvalue weighted by Gasteiger charge is 2.05. The minimum Gasteiger partial charge on any atom is -0.497 e. The molecule has 0 bridgehead atoms. The second-order valence-electron chi connectivity index (χ2n) is 5.17. The molecule has 3 aromatic rings. The van der Waals surface area contributed by atoms with Crippen LogP contribution in [0.4, 0.5) is 0 Å². The molecule has 0 unspecified atom stereocenters. The van der Waals surface area contributed by atoms with Crippen LogP contribution in [0.2, 0.25) is 0 Å². The van der Waals surface area contributed by atoms with E-state index in [1.165, 1.54) is 6.33 Å². The van der Waals surface area contributed by atoms with Crippen LogP contribution in [0.15, 0.2) is 61.2 Å². The quantitative estimate of drug-likeness (QED) is 0.667. The van der Waals surface area contributed by atoms with Crippen molar-refractivity contribution >= 4 is 5.91 Å². The van der Waals surface area contributed by atoms with E-state index in [9.17, 15) is 4.79 Å². The van der Waals surface area contributed by atoms with Crippen molar-refractivity contribution in [2.75, 3.05) is 20.3 Å². The van der Waals surface area contributed by atoms with Crippen molar-refractivity contribution in [3.8, 4) is 17.2 Å². The summed E-state index contributed by atoms with van der Waals surface area (Å²) < 4.78 is 12.3. The maximum atomic E-state index is 12.1. The van der Waals surface area contributed by atoms with Gasteiger partial charge in [-0.2, -0.15) is 5.10 Å². The Balaban J connectivity index is 1.45. The standard InChI is InChI=1S/C18H18N4O3/c1-24-16-6-8-17(9-7-16)25-11-10-20-18(23)14-2-4-15(5-3-14)22-13-19-12-21-22/h2-9,12-13H,10-11H2,1H3,(H,20,23). The number of carbonyl (C=O) groups excluding carboxylic acids is 1. The van der Waals surface area contributed by atoms with Gasteiger partial charge in [0.05, 0.1) is 19.3 Å². The van der Waals surface area contributed by atoms with Crippen LogP contribution in [0.1, 0.15) is 10.4 Å². The van der Waals surface area contributed by atoms with E-state index in [1.54, 1.807) is 30.3 Å². The zero-order valence-electron chi connectivity index (χ0n) is 13.8. The van der Waals surface area contributed by atoms with Crippen LogP contribution in [-0.2, 0) is 0 Å². The Kier molecular flexibility index (Phi) is 5.26. The number of carbonyl (C=O) groups is 1. The lowest BCUT2D eigenvalue weighted by molar-refractivity contribution is 0.0947. The number of hydrogen-bond donors (Lipinski definition) is 1. The Hall–Kier alpha value is -3.35. The van der Waals surface area contributed by atoms with Crippen molar-refractivity contribution in [1.82, 2.24) is 20.1 Å². The van der Waals surface area contributed by atoms with Crippen molar-refractivity contribution in [1.29, 1.82) is 0 Å². The molecule has 0 saturated carbocycles. The monoisotopic (exact) mass is 338 g/mol. The summed E-state index contributed by atoms with van der Waals surface area (Å²) in [6.45, 7) is 0.796. The largest absolute Gasteiger partial charge is 0.497 e. The van der Waals surface area contributed by atoms with Crippen LogP contribution in [0.25, 0.3) is 5.69 Å². The predicted molar refractivity (Wildman–Crippen MR) is 92.2 cm³/mol. The Labute approximate surface area is 145 Å². The number of aromatic nitrogens is 3. The van der Waals surface area contributed by atoms with Gasteiger partial charge in [0.2, 0.25) is 0 Å². The Morgan fingerprint density at radius 2 is 1.80 bits per heavy atom. The summed E-state index contributed by atoms with van der Waals surface area (Å²) in [5, 5.41) is 6.86. The van der Waals surface area contributed by atoms with Crippen LogP contribution >= 0.6 is 0 Å². The molecule has 0 aliphatic rings. The van der Waals surface area contributed by atoms with E-state index in [0.717, 1.165) is 17.2 Å². The van der Waals surface area contributed by atoms with E-state index >= 15 is 0 Å². The molecule has 25 heavy (non-hydrogen) atoms. The fourth-order valence-corrected chi connectivity index (χ4v) is 2.21. The third kappa shape index (κ3) is 4.35. The molecule has 1 heterocycles. The summed E-state index contributed by atoms with van der Waals surface area (Å²) in [4.78, 5) is 16.0. The first-order chi connectivity index (χ1) is 12.3. The van der Waals surface area contributed by atoms with E-state index in [4.69, 9.17) is 9.47 Å². The normalized spacial score (nSPS) is 10.3. The zero-order chi connectivity index (χ0) is 17.5. The van der Waals surface area contributed by atoms with E-state index in [2.05, 4.69) is 15.4 Å². The molecule has 128 valence electrons. The van der Waals surface area contributed by atoms with Gasteiger partial charge in [0.15, 0.2) is 0 Å². The van der Waals surface area contributed by atoms with Crippen LogP contribution in [-0.4, -0.2) is 40.9 Å². The first-order valence-corrected chi connectivity index (χ1v) is 7.76. The molecule has 7 heteroatoms. The first kappa shape index (κ1) is 16.5. The van der Waals surface area contributed by atoms with E-state index in [1.807, 2.05) is 36.4 Å². The molecule has 0 saturated heterocycles. The number of rotatable bonds is 7. The lowest BCUT2D eigenvalue weighted by Gasteiger charge is -2.09.